The van der Waals surface area contributed by atoms with Crippen LogP contribution in [-0.4, -0.2) is 40.8 Å². The molecule has 1 aromatic heterocycles. The molecule has 0 aliphatic rings. The van der Waals surface area contributed by atoms with Gasteiger partial charge in [-0.1, -0.05) is 44.2 Å². The highest BCUT2D eigenvalue weighted by molar-refractivity contribution is 5.79. The van der Waals surface area contributed by atoms with E-state index in [1.54, 1.807) is 0 Å². The number of nitrogens with zero attached hydrogens (tertiary/aromatic N) is 4. The van der Waals surface area contributed by atoms with Gasteiger partial charge >= 0.3 is 0 Å². The van der Waals surface area contributed by atoms with Crippen molar-refractivity contribution >= 4 is 5.96 Å². The standard InChI is InChI=1S/C20H31N5/c1-6-21-20(22-13-12-17-10-8-7-9-11-17)24(4)14-18-15-25(5)23-19(18)16(2)3/h7-11,15-16H,6,12-14H2,1-5H3,(H,21,22). The van der Waals surface area contributed by atoms with Gasteiger partial charge in [0.1, 0.15) is 0 Å². The molecule has 0 saturated carbocycles. The van der Waals surface area contributed by atoms with Crippen LogP contribution in [0.3, 0.4) is 0 Å². The van der Waals surface area contributed by atoms with Crippen LogP contribution in [0.4, 0.5) is 0 Å². The van der Waals surface area contributed by atoms with Crippen molar-refractivity contribution in [2.24, 2.45) is 12.0 Å². The summed E-state index contributed by atoms with van der Waals surface area (Å²) in [6, 6.07) is 10.5. The molecule has 0 amide bonds. The first-order valence-electron chi connectivity index (χ1n) is 9.07. The van der Waals surface area contributed by atoms with Crippen LogP contribution in [0.25, 0.3) is 0 Å². The highest BCUT2D eigenvalue weighted by atomic mass is 15.3. The van der Waals surface area contributed by atoms with Crippen molar-refractivity contribution in [2.45, 2.75) is 39.7 Å². The Kier molecular flexibility index (Phi) is 7.04. The first kappa shape index (κ1) is 19.0. The summed E-state index contributed by atoms with van der Waals surface area (Å²) in [5, 5.41) is 7.99. The van der Waals surface area contributed by atoms with Crippen molar-refractivity contribution in [1.82, 2.24) is 20.0 Å². The summed E-state index contributed by atoms with van der Waals surface area (Å²) >= 11 is 0. The van der Waals surface area contributed by atoms with Crippen molar-refractivity contribution in [2.75, 3.05) is 20.1 Å². The van der Waals surface area contributed by atoms with E-state index in [1.165, 1.54) is 11.1 Å². The molecule has 0 spiro atoms. The Hall–Kier alpha value is -2.30. The maximum absolute atomic E-state index is 4.79. The van der Waals surface area contributed by atoms with Gasteiger partial charge in [-0.25, -0.2) is 0 Å². The monoisotopic (exact) mass is 341 g/mol. The fourth-order valence-electron chi connectivity index (χ4n) is 2.90. The average Bonchev–Trinajstić information content (AvgIpc) is 2.95. The first-order chi connectivity index (χ1) is 12.0. The molecule has 0 radical (unpaired) electrons. The SMILES string of the molecule is CCNC(=NCCc1ccccc1)N(C)Cc1cn(C)nc1C(C)C. The summed E-state index contributed by atoms with van der Waals surface area (Å²) in [7, 11) is 4.07. The predicted molar refractivity (Wildman–Crippen MR) is 105 cm³/mol. The maximum atomic E-state index is 4.79. The molecule has 5 nitrogen and oxygen atoms in total. The van der Waals surface area contributed by atoms with Gasteiger partial charge in [0.05, 0.1) is 5.69 Å². The Morgan fingerprint density at radius 2 is 2.00 bits per heavy atom. The molecule has 136 valence electrons. The van der Waals surface area contributed by atoms with Gasteiger partial charge in [0.15, 0.2) is 5.96 Å². The number of aliphatic imine (C=N–C) groups is 1. The number of hydrogen-bond donors (Lipinski definition) is 1. The highest BCUT2D eigenvalue weighted by Gasteiger charge is 2.15. The minimum atomic E-state index is 0.419. The zero-order chi connectivity index (χ0) is 18.2. The molecule has 5 heteroatoms. The molecule has 2 aromatic rings. The number of rotatable bonds is 7. The van der Waals surface area contributed by atoms with Crippen molar-refractivity contribution in [3.05, 3.63) is 53.3 Å². The van der Waals surface area contributed by atoms with Crippen LogP contribution in [0.1, 0.15) is 43.5 Å². The van der Waals surface area contributed by atoms with Crippen LogP contribution >= 0.6 is 0 Å². The van der Waals surface area contributed by atoms with E-state index < -0.39 is 0 Å². The van der Waals surface area contributed by atoms with Crippen molar-refractivity contribution in [3.8, 4) is 0 Å². The molecule has 1 heterocycles. The normalized spacial score (nSPS) is 11.8. The minimum Gasteiger partial charge on any atom is -0.357 e. The Bertz CT molecular complexity index is 673. The minimum absolute atomic E-state index is 0.419. The molecule has 0 aliphatic heterocycles. The third-order valence-electron chi connectivity index (χ3n) is 4.09. The van der Waals surface area contributed by atoms with Crippen LogP contribution in [0.15, 0.2) is 41.5 Å². The van der Waals surface area contributed by atoms with Crippen molar-refractivity contribution in [1.29, 1.82) is 0 Å². The van der Waals surface area contributed by atoms with E-state index in [2.05, 4.69) is 73.6 Å². The van der Waals surface area contributed by atoms with Gasteiger partial charge < -0.3 is 10.2 Å². The molecule has 25 heavy (non-hydrogen) atoms. The van der Waals surface area contributed by atoms with Crippen LogP contribution in [-0.2, 0) is 20.0 Å². The second-order valence-corrected chi connectivity index (χ2v) is 6.70. The molecule has 0 saturated heterocycles. The first-order valence-corrected chi connectivity index (χ1v) is 9.07. The Balaban J connectivity index is 2.04. The topological polar surface area (TPSA) is 45.5 Å². The summed E-state index contributed by atoms with van der Waals surface area (Å²) < 4.78 is 1.90. The van der Waals surface area contributed by atoms with Gasteiger partial charge in [0, 0.05) is 45.5 Å². The van der Waals surface area contributed by atoms with Gasteiger partial charge in [0.25, 0.3) is 0 Å². The summed E-state index contributed by atoms with van der Waals surface area (Å²) in [5.41, 5.74) is 3.74. The summed E-state index contributed by atoms with van der Waals surface area (Å²) in [6.45, 7) is 8.91. The average molecular weight is 342 g/mol. The van der Waals surface area contributed by atoms with E-state index >= 15 is 0 Å². The number of benzene rings is 1. The van der Waals surface area contributed by atoms with Crippen molar-refractivity contribution in [3.63, 3.8) is 0 Å². The predicted octanol–water partition coefficient (Wildman–Crippen LogP) is 3.18. The van der Waals surface area contributed by atoms with Crippen LogP contribution in [0.5, 0.6) is 0 Å². The van der Waals surface area contributed by atoms with Gasteiger partial charge in [-0.15, -0.1) is 0 Å². The number of guanidine groups is 1. The summed E-state index contributed by atoms with van der Waals surface area (Å²) in [4.78, 5) is 6.97. The van der Waals surface area contributed by atoms with Crippen LogP contribution in [0.2, 0.25) is 0 Å². The largest absolute Gasteiger partial charge is 0.357 e. The van der Waals surface area contributed by atoms with E-state index in [-0.39, 0.29) is 0 Å². The molecule has 0 fully saturated rings. The Morgan fingerprint density at radius 1 is 1.28 bits per heavy atom. The third kappa shape index (κ3) is 5.62. The molecule has 2 rings (SSSR count). The van der Waals surface area contributed by atoms with Gasteiger partial charge in [-0.05, 0) is 24.8 Å². The molecule has 1 aromatic carbocycles. The highest BCUT2D eigenvalue weighted by Crippen LogP contribution is 2.18. The van der Waals surface area contributed by atoms with E-state index in [9.17, 15) is 0 Å². The molecule has 0 bridgehead atoms. The second kappa shape index (κ2) is 9.25. The third-order valence-corrected chi connectivity index (χ3v) is 4.09. The zero-order valence-corrected chi connectivity index (χ0v) is 16.2. The second-order valence-electron chi connectivity index (χ2n) is 6.70. The fourth-order valence-corrected chi connectivity index (χ4v) is 2.90. The summed E-state index contributed by atoms with van der Waals surface area (Å²) in [6.07, 6.45) is 3.06. The van der Waals surface area contributed by atoms with Crippen LogP contribution < -0.4 is 5.32 Å². The number of aromatic nitrogens is 2. The van der Waals surface area contributed by atoms with Crippen molar-refractivity contribution < 1.29 is 0 Å². The molecule has 1 N–H and O–H groups in total. The lowest BCUT2D eigenvalue weighted by Gasteiger charge is -2.22. The van der Waals surface area contributed by atoms with Crippen LogP contribution in [0, 0.1) is 0 Å². The quantitative estimate of drug-likeness (QED) is 0.621. The molecular formula is C20H31N5. The number of nitrogens with one attached hydrogen (secondary N) is 1. The van der Waals surface area contributed by atoms with E-state index in [0.717, 1.165) is 37.7 Å². The van der Waals surface area contributed by atoms with E-state index in [4.69, 9.17) is 4.99 Å². The van der Waals surface area contributed by atoms with Gasteiger partial charge in [-0.3, -0.25) is 9.67 Å². The molecule has 0 aliphatic carbocycles. The van der Waals surface area contributed by atoms with E-state index in [1.807, 2.05) is 17.8 Å². The fraction of sp³-hybridized carbons (Fsp3) is 0.500. The van der Waals surface area contributed by atoms with Gasteiger partial charge in [-0.2, -0.15) is 5.10 Å². The van der Waals surface area contributed by atoms with Gasteiger partial charge in [0.2, 0.25) is 0 Å². The van der Waals surface area contributed by atoms with E-state index in [0.29, 0.717) is 5.92 Å². The lowest BCUT2D eigenvalue weighted by molar-refractivity contribution is 0.473. The summed E-state index contributed by atoms with van der Waals surface area (Å²) in [5.74, 6) is 1.36. The number of hydrogen-bond acceptors (Lipinski definition) is 2. The maximum Gasteiger partial charge on any atom is 0.193 e. The lowest BCUT2D eigenvalue weighted by atomic mass is 10.1. The zero-order valence-electron chi connectivity index (χ0n) is 16.2. The number of aryl methyl sites for hydroxylation is 1. The lowest BCUT2D eigenvalue weighted by Crippen LogP contribution is -2.38. The molecular weight excluding hydrogens is 310 g/mol. The smallest absolute Gasteiger partial charge is 0.193 e. The molecule has 0 atom stereocenters. The Labute approximate surface area is 151 Å². The molecule has 0 unspecified atom stereocenters. The Morgan fingerprint density at radius 3 is 2.64 bits per heavy atom.